The number of thiophene rings is 1. The Morgan fingerprint density at radius 2 is 1.90 bits per heavy atom. The number of rotatable bonds is 5. The van der Waals surface area contributed by atoms with Crippen molar-refractivity contribution < 1.29 is 14.3 Å². The molecule has 0 saturated heterocycles. The van der Waals surface area contributed by atoms with E-state index in [1.807, 2.05) is 52.7 Å². The second kappa shape index (κ2) is 8.47. The number of carbonyl (C=O) groups excluding carboxylic acids is 1. The van der Waals surface area contributed by atoms with Gasteiger partial charge in [-0.15, -0.1) is 11.3 Å². The van der Waals surface area contributed by atoms with Crippen LogP contribution in [-0.4, -0.2) is 31.6 Å². The minimum Gasteiger partial charge on any atom is -0.493 e. The quantitative estimate of drug-likeness (QED) is 0.566. The normalized spacial score (nSPS) is 15.7. The Morgan fingerprint density at radius 1 is 1.14 bits per heavy atom. The first-order valence-corrected chi connectivity index (χ1v) is 10.7. The largest absolute Gasteiger partial charge is 0.493 e. The zero-order valence-electron chi connectivity index (χ0n) is 16.4. The van der Waals surface area contributed by atoms with Crippen molar-refractivity contribution in [1.29, 1.82) is 0 Å². The van der Waals surface area contributed by atoms with Gasteiger partial charge in [0.05, 0.1) is 26.7 Å². The highest BCUT2D eigenvalue weighted by atomic mass is 35.5. The van der Waals surface area contributed by atoms with Crippen LogP contribution in [0.3, 0.4) is 0 Å². The summed E-state index contributed by atoms with van der Waals surface area (Å²) in [6, 6.07) is 15.5. The number of nitrogens with zero attached hydrogens (tertiary/aromatic N) is 1. The monoisotopic (exact) mass is 427 g/mol. The van der Waals surface area contributed by atoms with E-state index in [4.69, 9.17) is 21.1 Å². The summed E-state index contributed by atoms with van der Waals surface area (Å²) in [4.78, 5) is 16.4. The SMILES string of the molecule is COc1cc2c(cc1OC)C(c1cccs1)N(C(=O)Cc1ccccc1Cl)CC2. The molecule has 1 atom stereocenters. The molecule has 150 valence electrons. The third-order valence-electron chi connectivity index (χ3n) is 5.31. The standard InChI is InChI=1S/C23H22ClNO3S/c1-27-19-12-15-9-10-25(22(26)13-16-6-3-4-7-18(16)24)23(21-8-5-11-29-21)17(15)14-20(19)28-2/h3-8,11-12,14,23H,9-10,13H2,1-2H3. The molecular formula is C23H22ClNO3S. The van der Waals surface area contributed by atoms with Gasteiger partial charge in [-0.25, -0.2) is 0 Å². The van der Waals surface area contributed by atoms with E-state index in [1.165, 1.54) is 5.56 Å². The van der Waals surface area contributed by atoms with Gasteiger partial charge in [0.1, 0.15) is 0 Å². The second-order valence-corrected chi connectivity index (χ2v) is 8.32. The number of hydrogen-bond donors (Lipinski definition) is 0. The van der Waals surface area contributed by atoms with Crippen LogP contribution in [0.25, 0.3) is 0 Å². The number of benzene rings is 2. The number of fused-ring (bicyclic) bond motifs is 1. The second-order valence-electron chi connectivity index (χ2n) is 6.93. The van der Waals surface area contributed by atoms with Gasteiger partial charge in [0.2, 0.25) is 5.91 Å². The molecule has 2 heterocycles. The van der Waals surface area contributed by atoms with Gasteiger partial charge in [-0.05, 0) is 52.8 Å². The fourth-order valence-electron chi connectivity index (χ4n) is 3.87. The van der Waals surface area contributed by atoms with Crippen molar-refractivity contribution in [3.63, 3.8) is 0 Å². The summed E-state index contributed by atoms with van der Waals surface area (Å²) >= 11 is 7.95. The highest BCUT2D eigenvalue weighted by Gasteiger charge is 2.34. The Hall–Kier alpha value is -2.50. The van der Waals surface area contributed by atoms with Gasteiger partial charge in [-0.2, -0.15) is 0 Å². The highest BCUT2D eigenvalue weighted by molar-refractivity contribution is 7.10. The average Bonchev–Trinajstić information content (AvgIpc) is 3.27. The van der Waals surface area contributed by atoms with Gasteiger partial charge in [-0.3, -0.25) is 4.79 Å². The molecule has 1 aliphatic rings. The van der Waals surface area contributed by atoms with E-state index in [-0.39, 0.29) is 18.4 Å². The van der Waals surface area contributed by atoms with Gasteiger partial charge in [0, 0.05) is 16.4 Å². The molecular weight excluding hydrogens is 406 g/mol. The van der Waals surface area contributed by atoms with E-state index in [9.17, 15) is 4.79 Å². The lowest BCUT2D eigenvalue weighted by molar-refractivity contribution is -0.132. The topological polar surface area (TPSA) is 38.8 Å². The molecule has 1 amide bonds. The maximum atomic E-state index is 13.3. The fraction of sp³-hybridized carbons (Fsp3) is 0.261. The van der Waals surface area contributed by atoms with Crippen molar-refractivity contribution in [2.45, 2.75) is 18.9 Å². The summed E-state index contributed by atoms with van der Waals surface area (Å²) in [6.07, 6.45) is 1.05. The lowest BCUT2D eigenvalue weighted by Crippen LogP contribution is -2.41. The molecule has 0 saturated carbocycles. The van der Waals surface area contributed by atoms with Crippen LogP contribution >= 0.6 is 22.9 Å². The van der Waals surface area contributed by atoms with Crippen LogP contribution in [0, 0.1) is 0 Å². The number of hydrogen-bond acceptors (Lipinski definition) is 4. The Kier molecular flexibility index (Phi) is 5.79. The summed E-state index contributed by atoms with van der Waals surface area (Å²) in [6.45, 7) is 0.647. The zero-order valence-corrected chi connectivity index (χ0v) is 17.9. The maximum Gasteiger partial charge on any atom is 0.227 e. The molecule has 0 bridgehead atoms. The van der Waals surface area contributed by atoms with Crippen LogP contribution in [0.1, 0.15) is 27.6 Å². The van der Waals surface area contributed by atoms with E-state index in [1.54, 1.807) is 25.6 Å². The number of carbonyl (C=O) groups is 1. The number of methoxy groups -OCH3 is 2. The van der Waals surface area contributed by atoms with Crippen LogP contribution in [0.5, 0.6) is 11.5 Å². The molecule has 2 aromatic carbocycles. The van der Waals surface area contributed by atoms with Crippen LogP contribution < -0.4 is 9.47 Å². The van der Waals surface area contributed by atoms with Crippen molar-refractivity contribution in [1.82, 2.24) is 4.90 Å². The molecule has 6 heteroatoms. The third kappa shape index (κ3) is 3.85. The van der Waals surface area contributed by atoms with Crippen molar-refractivity contribution in [3.8, 4) is 11.5 Å². The van der Waals surface area contributed by atoms with Crippen LogP contribution in [0.2, 0.25) is 5.02 Å². The molecule has 1 aliphatic heterocycles. The van der Waals surface area contributed by atoms with Crippen molar-refractivity contribution in [3.05, 3.63) is 80.5 Å². The average molecular weight is 428 g/mol. The van der Waals surface area contributed by atoms with Gasteiger partial charge in [0.25, 0.3) is 0 Å². The summed E-state index contributed by atoms with van der Waals surface area (Å²) in [5.74, 6) is 1.46. The molecule has 1 unspecified atom stereocenters. The van der Waals surface area contributed by atoms with Gasteiger partial charge >= 0.3 is 0 Å². The first kappa shape index (κ1) is 19.8. The first-order valence-electron chi connectivity index (χ1n) is 9.43. The fourth-order valence-corrected chi connectivity index (χ4v) is 4.93. The molecule has 3 aromatic rings. The minimum atomic E-state index is -0.145. The minimum absolute atomic E-state index is 0.0666. The molecule has 0 aliphatic carbocycles. The molecule has 4 rings (SSSR count). The molecule has 29 heavy (non-hydrogen) atoms. The zero-order chi connectivity index (χ0) is 20.4. The summed E-state index contributed by atoms with van der Waals surface area (Å²) in [5.41, 5.74) is 3.12. The van der Waals surface area contributed by atoms with E-state index < -0.39 is 0 Å². The van der Waals surface area contributed by atoms with Gasteiger partial charge < -0.3 is 14.4 Å². The number of ether oxygens (including phenoxy) is 2. The molecule has 0 N–H and O–H groups in total. The lowest BCUT2D eigenvalue weighted by Gasteiger charge is -2.37. The van der Waals surface area contributed by atoms with E-state index in [0.717, 1.165) is 22.4 Å². The van der Waals surface area contributed by atoms with Crippen LogP contribution in [-0.2, 0) is 17.6 Å². The van der Waals surface area contributed by atoms with Gasteiger partial charge in [-0.1, -0.05) is 35.9 Å². The smallest absolute Gasteiger partial charge is 0.227 e. The Morgan fingerprint density at radius 3 is 2.59 bits per heavy atom. The third-order valence-corrected chi connectivity index (χ3v) is 6.60. The lowest BCUT2D eigenvalue weighted by atomic mass is 9.90. The molecule has 4 nitrogen and oxygen atoms in total. The Labute approximate surface area is 179 Å². The number of amides is 1. The van der Waals surface area contributed by atoms with E-state index >= 15 is 0 Å². The van der Waals surface area contributed by atoms with Crippen LogP contribution in [0.15, 0.2) is 53.9 Å². The molecule has 0 radical (unpaired) electrons. The molecule has 1 aromatic heterocycles. The molecule has 0 fully saturated rings. The van der Waals surface area contributed by atoms with Crippen molar-refractivity contribution in [2.75, 3.05) is 20.8 Å². The molecule has 0 spiro atoms. The van der Waals surface area contributed by atoms with E-state index in [2.05, 4.69) is 6.07 Å². The predicted octanol–water partition coefficient (Wildman–Crippen LogP) is 5.14. The predicted molar refractivity (Wildman–Crippen MR) is 116 cm³/mol. The van der Waals surface area contributed by atoms with E-state index in [0.29, 0.717) is 23.1 Å². The Balaban J connectivity index is 1.74. The summed E-state index contributed by atoms with van der Waals surface area (Å²) < 4.78 is 11.0. The summed E-state index contributed by atoms with van der Waals surface area (Å²) in [5, 5.41) is 2.67. The summed E-state index contributed by atoms with van der Waals surface area (Å²) in [7, 11) is 3.27. The number of halogens is 1. The van der Waals surface area contributed by atoms with Crippen LogP contribution in [0.4, 0.5) is 0 Å². The first-order chi connectivity index (χ1) is 14.1. The maximum absolute atomic E-state index is 13.3. The van der Waals surface area contributed by atoms with Gasteiger partial charge in [0.15, 0.2) is 11.5 Å². The highest BCUT2D eigenvalue weighted by Crippen LogP contribution is 2.42. The Bertz CT molecular complexity index is 1020. The van der Waals surface area contributed by atoms with Crippen molar-refractivity contribution in [2.24, 2.45) is 0 Å². The van der Waals surface area contributed by atoms with Crippen molar-refractivity contribution >= 4 is 28.8 Å².